The summed E-state index contributed by atoms with van der Waals surface area (Å²) < 4.78 is 76.0. The maximum atomic E-state index is 14.5. The number of nitrogens with zero attached hydrogens (tertiary/aromatic N) is 1. The second kappa shape index (κ2) is 12.2. The standard InChI is InChI=1S/C30H30F2NO6PS/c1-22-19-24(17-18-26(22)30(31,32)40(34,35)36)21-33(41(37,38)29-16-10-9-15-28(29)39-2)27(25-13-7-4-8-14-25)20-23-11-5-3-6-12-23/h3-19,27H,20-21H2,1-2H3,(H2,34,35,36). The van der Waals surface area contributed by atoms with Gasteiger partial charge in [0, 0.05) is 12.1 Å². The van der Waals surface area contributed by atoms with Crippen molar-refractivity contribution in [2.45, 2.75) is 36.5 Å². The van der Waals surface area contributed by atoms with Gasteiger partial charge in [-0.3, -0.25) is 4.57 Å². The Hall–Kier alpha value is -3.40. The van der Waals surface area contributed by atoms with E-state index in [4.69, 9.17) is 4.74 Å². The van der Waals surface area contributed by atoms with Crippen LogP contribution in [0.2, 0.25) is 0 Å². The number of methoxy groups -OCH3 is 1. The number of rotatable bonds is 11. The van der Waals surface area contributed by atoms with E-state index in [1.54, 1.807) is 18.2 Å². The molecule has 0 heterocycles. The van der Waals surface area contributed by atoms with Crippen LogP contribution in [0, 0.1) is 6.92 Å². The van der Waals surface area contributed by atoms with Crippen molar-refractivity contribution in [3.63, 3.8) is 0 Å². The van der Waals surface area contributed by atoms with Gasteiger partial charge in [-0.05, 0) is 47.7 Å². The molecule has 7 nitrogen and oxygen atoms in total. The van der Waals surface area contributed by atoms with Crippen molar-refractivity contribution in [2.24, 2.45) is 0 Å². The summed E-state index contributed by atoms with van der Waals surface area (Å²) in [5.41, 5.74) is -3.33. The van der Waals surface area contributed by atoms with Crippen LogP contribution in [-0.4, -0.2) is 29.6 Å². The second-order valence-corrected chi connectivity index (χ2v) is 13.1. The number of alkyl halides is 2. The molecule has 0 spiro atoms. The molecule has 216 valence electrons. The third kappa shape index (κ3) is 6.58. The molecule has 11 heteroatoms. The summed E-state index contributed by atoms with van der Waals surface area (Å²) in [5.74, 6) is 0.150. The molecule has 2 N–H and O–H groups in total. The minimum Gasteiger partial charge on any atom is -0.495 e. The van der Waals surface area contributed by atoms with E-state index in [-0.39, 0.29) is 22.8 Å². The van der Waals surface area contributed by atoms with Crippen molar-refractivity contribution >= 4 is 17.6 Å². The third-order valence-electron chi connectivity index (χ3n) is 6.78. The molecule has 0 saturated heterocycles. The molecule has 0 bridgehead atoms. The number of halogens is 2. The van der Waals surface area contributed by atoms with E-state index < -0.39 is 34.9 Å². The average molecular weight is 602 g/mol. The van der Waals surface area contributed by atoms with E-state index in [9.17, 15) is 31.6 Å². The van der Waals surface area contributed by atoms with Gasteiger partial charge in [-0.25, -0.2) is 8.42 Å². The van der Waals surface area contributed by atoms with Crippen LogP contribution in [-0.2, 0) is 33.2 Å². The first-order chi connectivity index (χ1) is 19.4. The maximum Gasteiger partial charge on any atom is 0.399 e. The van der Waals surface area contributed by atoms with Gasteiger partial charge in [0.1, 0.15) is 10.6 Å². The van der Waals surface area contributed by atoms with Gasteiger partial charge in [0.25, 0.3) is 0 Å². The predicted molar refractivity (Wildman–Crippen MR) is 152 cm³/mol. The summed E-state index contributed by atoms with van der Waals surface area (Å²) in [6.07, 6.45) is 0.312. The van der Waals surface area contributed by atoms with Gasteiger partial charge < -0.3 is 14.5 Å². The minimum absolute atomic E-state index is 0.0575. The van der Waals surface area contributed by atoms with Gasteiger partial charge in [0.15, 0.2) is 0 Å². The van der Waals surface area contributed by atoms with Crippen LogP contribution in [0.1, 0.15) is 33.9 Å². The first-order valence-corrected chi connectivity index (χ1v) is 15.7. The maximum absolute atomic E-state index is 14.5. The first-order valence-electron chi connectivity index (χ1n) is 12.6. The highest BCUT2D eigenvalue weighted by Crippen LogP contribution is 2.59. The van der Waals surface area contributed by atoms with E-state index in [2.05, 4.69) is 0 Å². The van der Waals surface area contributed by atoms with E-state index >= 15 is 0 Å². The molecule has 4 aromatic carbocycles. The summed E-state index contributed by atoms with van der Waals surface area (Å²) in [6.45, 7) is 1.09. The molecule has 0 aliphatic carbocycles. The minimum atomic E-state index is -5.78. The lowest BCUT2D eigenvalue weighted by atomic mass is 9.98. The van der Waals surface area contributed by atoms with Crippen molar-refractivity contribution in [2.75, 3.05) is 7.11 Å². The average Bonchev–Trinajstić information content (AvgIpc) is 2.95. The summed E-state index contributed by atoms with van der Waals surface area (Å²) in [4.78, 5) is 18.4. The fraction of sp³-hybridized carbons (Fsp3) is 0.200. The SMILES string of the molecule is COc1ccccc1S(=O)(=O)N(Cc1ccc(C(F)(F)P(=O)(O)O)c(C)c1)C(Cc1ccccc1)c1ccccc1. The molecule has 1 atom stereocenters. The van der Waals surface area contributed by atoms with E-state index in [0.717, 1.165) is 17.2 Å². The highest BCUT2D eigenvalue weighted by atomic mass is 32.2. The van der Waals surface area contributed by atoms with Gasteiger partial charge in [-0.15, -0.1) is 0 Å². The van der Waals surface area contributed by atoms with Crippen molar-refractivity contribution in [3.05, 3.63) is 131 Å². The van der Waals surface area contributed by atoms with Crippen LogP contribution < -0.4 is 4.74 Å². The zero-order chi connectivity index (χ0) is 29.8. The smallest absolute Gasteiger partial charge is 0.399 e. The number of aryl methyl sites for hydroxylation is 1. The van der Waals surface area contributed by atoms with Crippen molar-refractivity contribution < 1.29 is 36.3 Å². The second-order valence-electron chi connectivity index (χ2n) is 9.55. The van der Waals surface area contributed by atoms with Crippen LogP contribution >= 0.6 is 7.60 Å². The largest absolute Gasteiger partial charge is 0.495 e. The number of sulfonamides is 1. The first kappa shape index (κ1) is 30.6. The fourth-order valence-electron chi connectivity index (χ4n) is 4.72. The lowest BCUT2D eigenvalue weighted by Gasteiger charge is -2.32. The Morgan fingerprint density at radius 2 is 1.46 bits per heavy atom. The Labute approximate surface area is 238 Å². The number of benzene rings is 4. The molecule has 1 unspecified atom stereocenters. The summed E-state index contributed by atoms with van der Waals surface area (Å²) in [5, 5.41) is 0. The molecule has 4 rings (SSSR count). The molecule has 41 heavy (non-hydrogen) atoms. The lowest BCUT2D eigenvalue weighted by molar-refractivity contribution is 0.0558. The number of hydrogen-bond acceptors (Lipinski definition) is 4. The zero-order valence-electron chi connectivity index (χ0n) is 22.4. The molecule has 0 radical (unpaired) electrons. The van der Waals surface area contributed by atoms with Gasteiger partial charge in [-0.2, -0.15) is 13.1 Å². The molecule has 0 saturated carbocycles. The summed E-state index contributed by atoms with van der Waals surface area (Å²) in [7, 11) is -8.66. The van der Waals surface area contributed by atoms with Crippen LogP contribution in [0.4, 0.5) is 8.78 Å². The molecule has 0 aliphatic rings. The summed E-state index contributed by atoms with van der Waals surface area (Å²) >= 11 is 0. The highest BCUT2D eigenvalue weighted by molar-refractivity contribution is 7.89. The third-order valence-corrected chi connectivity index (χ3v) is 9.65. The van der Waals surface area contributed by atoms with E-state index in [0.29, 0.717) is 12.0 Å². The molecule has 0 amide bonds. The molecule has 0 aromatic heterocycles. The molecule has 0 aliphatic heterocycles. The highest BCUT2D eigenvalue weighted by Gasteiger charge is 2.51. The fourth-order valence-corrected chi connectivity index (χ4v) is 7.04. The van der Waals surface area contributed by atoms with Crippen LogP contribution in [0.25, 0.3) is 0 Å². The number of hydrogen-bond donors (Lipinski definition) is 2. The Bertz CT molecular complexity index is 1650. The lowest BCUT2D eigenvalue weighted by Crippen LogP contribution is -2.36. The van der Waals surface area contributed by atoms with E-state index in [1.807, 2.05) is 60.7 Å². The van der Waals surface area contributed by atoms with Gasteiger partial charge in [-0.1, -0.05) is 91.0 Å². The monoisotopic (exact) mass is 601 g/mol. The summed E-state index contributed by atoms with van der Waals surface area (Å²) in [6, 6.07) is 27.5. The van der Waals surface area contributed by atoms with Crippen molar-refractivity contribution in [1.82, 2.24) is 4.31 Å². The van der Waals surface area contributed by atoms with Crippen molar-refractivity contribution in [1.29, 1.82) is 0 Å². The Balaban J connectivity index is 1.88. The number of ether oxygens (including phenoxy) is 1. The molecule has 0 fully saturated rings. The Kier molecular flexibility index (Phi) is 9.11. The zero-order valence-corrected chi connectivity index (χ0v) is 24.1. The quantitative estimate of drug-likeness (QED) is 0.193. The van der Waals surface area contributed by atoms with Gasteiger partial charge >= 0.3 is 13.3 Å². The number of para-hydroxylation sites is 1. The van der Waals surface area contributed by atoms with Crippen LogP contribution in [0.15, 0.2) is 108 Å². The van der Waals surface area contributed by atoms with Crippen LogP contribution in [0.3, 0.4) is 0 Å². The van der Waals surface area contributed by atoms with Crippen LogP contribution in [0.5, 0.6) is 5.75 Å². The van der Waals surface area contributed by atoms with Gasteiger partial charge in [0.2, 0.25) is 10.0 Å². The molecular formula is C30H30F2NO6PS. The van der Waals surface area contributed by atoms with E-state index in [1.165, 1.54) is 36.5 Å². The Morgan fingerprint density at radius 1 is 0.878 bits per heavy atom. The van der Waals surface area contributed by atoms with Crippen molar-refractivity contribution in [3.8, 4) is 5.75 Å². The van der Waals surface area contributed by atoms with Gasteiger partial charge in [0.05, 0.1) is 13.2 Å². The predicted octanol–water partition coefficient (Wildman–Crippen LogP) is 6.41. The molecule has 4 aromatic rings. The Morgan fingerprint density at radius 3 is 2.05 bits per heavy atom. The topological polar surface area (TPSA) is 104 Å². The normalized spacial score (nSPS) is 13.2. The molecular weight excluding hydrogens is 571 g/mol.